The van der Waals surface area contributed by atoms with Crippen LogP contribution >= 0.6 is 23.2 Å². The van der Waals surface area contributed by atoms with Crippen LogP contribution in [-0.4, -0.2) is 53.8 Å². The van der Waals surface area contributed by atoms with E-state index in [0.29, 0.717) is 12.1 Å². The number of hydrogen-bond donors (Lipinski definition) is 0. The second-order valence-corrected chi connectivity index (χ2v) is 4.87. The third-order valence-electron chi connectivity index (χ3n) is 2.54. The van der Waals surface area contributed by atoms with Crippen molar-refractivity contribution in [3.05, 3.63) is 28.0 Å². The molecular weight excluding hydrogens is 289 g/mol. The van der Waals surface area contributed by atoms with Gasteiger partial charge in [0.05, 0.1) is 17.1 Å². The van der Waals surface area contributed by atoms with Crippen LogP contribution in [0.4, 0.5) is 0 Å². The van der Waals surface area contributed by atoms with Crippen LogP contribution < -0.4 is 0 Å². The van der Waals surface area contributed by atoms with Gasteiger partial charge in [-0.25, -0.2) is 4.98 Å². The van der Waals surface area contributed by atoms with E-state index in [4.69, 9.17) is 23.2 Å². The van der Waals surface area contributed by atoms with Crippen LogP contribution in [-0.2, 0) is 4.79 Å². The highest BCUT2D eigenvalue weighted by Gasteiger charge is 2.19. The minimum atomic E-state index is -0.302. The fourth-order valence-electron chi connectivity index (χ4n) is 1.35. The van der Waals surface area contributed by atoms with Crippen molar-refractivity contribution in [3.63, 3.8) is 0 Å². The van der Waals surface area contributed by atoms with Gasteiger partial charge in [-0.05, 0) is 13.0 Å². The third kappa shape index (κ3) is 4.08. The average Bonchev–Trinajstić information content (AvgIpc) is 2.37. The van der Waals surface area contributed by atoms with Gasteiger partial charge in [0, 0.05) is 26.8 Å². The average molecular weight is 304 g/mol. The van der Waals surface area contributed by atoms with Crippen LogP contribution in [0, 0.1) is 0 Å². The Balaban J connectivity index is 2.89. The van der Waals surface area contributed by atoms with Gasteiger partial charge >= 0.3 is 0 Å². The molecule has 5 nitrogen and oxygen atoms in total. The molecule has 0 atom stereocenters. The smallest absolute Gasteiger partial charge is 0.255 e. The van der Waals surface area contributed by atoms with Gasteiger partial charge in [0.1, 0.15) is 5.15 Å². The van der Waals surface area contributed by atoms with Crippen LogP contribution in [0.3, 0.4) is 0 Å². The highest BCUT2D eigenvalue weighted by Crippen LogP contribution is 2.20. The summed E-state index contributed by atoms with van der Waals surface area (Å²) in [6.07, 6.45) is 1.35. The van der Waals surface area contributed by atoms with Crippen molar-refractivity contribution >= 4 is 35.0 Å². The molecule has 2 amide bonds. The van der Waals surface area contributed by atoms with E-state index in [-0.39, 0.29) is 28.5 Å². The number of carbonyl (C=O) groups excluding carboxylic acids is 2. The molecule has 1 aromatic rings. The van der Waals surface area contributed by atoms with E-state index in [2.05, 4.69) is 4.98 Å². The molecule has 1 heterocycles. The fourth-order valence-corrected chi connectivity index (χ4v) is 1.62. The summed E-state index contributed by atoms with van der Waals surface area (Å²) in [6.45, 7) is 2.23. The maximum Gasteiger partial charge on any atom is 0.255 e. The molecular formula is C12H15Cl2N3O2. The molecule has 0 radical (unpaired) electrons. The van der Waals surface area contributed by atoms with Crippen molar-refractivity contribution in [1.82, 2.24) is 14.8 Å². The molecule has 104 valence electrons. The first kappa shape index (κ1) is 15.7. The number of hydrogen-bond acceptors (Lipinski definition) is 3. The summed E-state index contributed by atoms with van der Waals surface area (Å²) in [5.74, 6) is -0.452. The molecule has 0 saturated carbocycles. The molecule has 1 rings (SSSR count). The van der Waals surface area contributed by atoms with E-state index in [1.165, 1.54) is 22.1 Å². The lowest BCUT2D eigenvalue weighted by molar-refractivity contribution is -0.129. The Hall–Kier alpha value is -1.33. The van der Waals surface area contributed by atoms with Gasteiger partial charge in [0.15, 0.2) is 0 Å². The van der Waals surface area contributed by atoms with Crippen molar-refractivity contribution in [2.75, 3.05) is 27.2 Å². The van der Waals surface area contributed by atoms with Gasteiger partial charge in [0.2, 0.25) is 5.91 Å². The zero-order valence-corrected chi connectivity index (χ0v) is 12.5. The van der Waals surface area contributed by atoms with Crippen LogP contribution in [0.1, 0.15) is 17.3 Å². The summed E-state index contributed by atoms with van der Waals surface area (Å²) in [4.78, 5) is 30.5. The molecule has 0 saturated heterocycles. The minimum Gasteiger partial charge on any atom is -0.347 e. The fraction of sp³-hybridized carbons (Fsp3) is 0.417. The predicted octanol–water partition coefficient (Wildman–Crippen LogP) is 1.94. The summed E-state index contributed by atoms with van der Waals surface area (Å²) in [7, 11) is 3.28. The topological polar surface area (TPSA) is 53.5 Å². The number of rotatable bonds is 4. The molecule has 0 aliphatic heterocycles. The number of halogens is 2. The maximum atomic E-state index is 12.2. The Morgan fingerprint density at radius 3 is 2.42 bits per heavy atom. The summed E-state index contributed by atoms with van der Waals surface area (Å²) < 4.78 is 0. The van der Waals surface area contributed by atoms with E-state index < -0.39 is 0 Å². The van der Waals surface area contributed by atoms with Crippen LogP contribution in [0.25, 0.3) is 0 Å². The standard InChI is InChI=1S/C12H15Cl2N3O2/c1-4-17(7-10(18)16(2)3)12(19)8-5-9(13)11(14)15-6-8/h5-6H,4,7H2,1-3H3. The quantitative estimate of drug-likeness (QED) is 0.799. The number of nitrogens with zero attached hydrogens (tertiary/aromatic N) is 3. The second kappa shape index (κ2) is 6.73. The molecule has 0 aliphatic carbocycles. The first-order valence-corrected chi connectivity index (χ1v) is 6.42. The van der Waals surface area contributed by atoms with Crippen molar-refractivity contribution in [1.29, 1.82) is 0 Å². The van der Waals surface area contributed by atoms with Crippen molar-refractivity contribution < 1.29 is 9.59 Å². The lowest BCUT2D eigenvalue weighted by Gasteiger charge is -2.22. The molecule has 19 heavy (non-hydrogen) atoms. The van der Waals surface area contributed by atoms with Crippen molar-refractivity contribution in [2.45, 2.75) is 6.92 Å². The SMILES string of the molecule is CCN(CC(=O)N(C)C)C(=O)c1cnc(Cl)c(Cl)c1. The molecule has 0 N–H and O–H groups in total. The number of pyridine rings is 1. The largest absolute Gasteiger partial charge is 0.347 e. The third-order valence-corrected chi connectivity index (χ3v) is 3.22. The summed E-state index contributed by atoms with van der Waals surface area (Å²) in [5.41, 5.74) is 0.308. The van der Waals surface area contributed by atoms with Gasteiger partial charge in [-0.3, -0.25) is 9.59 Å². The summed E-state index contributed by atoms with van der Waals surface area (Å²) in [6, 6.07) is 1.45. The van der Waals surface area contributed by atoms with Gasteiger partial charge in [-0.15, -0.1) is 0 Å². The lowest BCUT2D eigenvalue weighted by Crippen LogP contribution is -2.40. The van der Waals surface area contributed by atoms with Gasteiger partial charge in [-0.2, -0.15) is 0 Å². The van der Waals surface area contributed by atoms with E-state index in [1.54, 1.807) is 21.0 Å². The summed E-state index contributed by atoms with van der Waals surface area (Å²) in [5, 5.41) is 0.355. The number of likely N-dealkylation sites (N-methyl/N-ethyl adjacent to an activating group) is 2. The molecule has 7 heteroatoms. The minimum absolute atomic E-state index is 0.0164. The van der Waals surface area contributed by atoms with E-state index in [0.717, 1.165) is 0 Å². The van der Waals surface area contributed by atoms with Gasteiger partial charge in [-0.1, -0.05) is 23.2 Å². The molecule has 0 spiro atoms. The van der Waals surface area contributed by atoms with Gasteiger partial charge in [0.25, 0.3) is 5.91 Å². The zero-order chi connectivity index (χ0) is 14.6. The van der Waals surface area contributed by atoms with Crippen molar-refractivity contribution in [2.24, 2.45) is 0 Å². The molecule has 0 unspecified atom stereocenters. The Bertz CT molecular complexity index is 492. The summed E-state index contributed by atoms with van der Waals surface area (Å²) >= 11 is 11.5. The van der Waals surface area contributed by atoms with E-state index >= 15 is 0 Å². The lowest BCUT2D eigenvalue weighted by atomic mass is 10.2. The van der Waals surface area contributed by atoms with Gasteiger partial charge < -0.3 is 9.80 Å². The van der Waals surface area contributed by atoms with E-state index in [1.807, 2.05) is 0 Å². The number of aromatic nitrogens is 1. The van der Waals surface area contributed by atoms with Crippen LogP contribution in [0.5, 0.6) is 0 Å². The maximum absolute atomic E-state index is 12.2. The monoisotopic (exact) mass is 303 g/mol. The molecule has 0 bridgehead atoms. The van der Waals surface area contributed by atoms with Crippen LogP contribution in [0.2, 0.25) is 10.2 Å². The normalized spacial score (nSPS) is 10.2. The highest BCUT2D eigenvalue weighted by atomic mass is 35.5. The molecule has 0 aromatic carbocycles. The second-order valence-electron chi connectivity index (χ2n) is 4.10. The van der Waals surface area contributed by atoms with Crippen LogP contribution in [0.15, 0.2) is 12.3 Å². The Morgan fingerprint density at radius 2 is 1.95 bits per heavy atom. The molecule has 0 aliphatic rings. The van der Waals surface area contributed by atoms with Crippen molar-refractivity contribution in [3.8, 4) is 0 Å². The first-order valence-electron chi connectivity index (χ1n) is 5.67. The molecule has 0 fully saturated rings. The number of amides is 2. The Morgan fingerprint density at radius 1 is 1.32 bits per heavy atom. The Kier molecular flexibility index (Phi) is 5.57. The number of carbonyl (C=O) groups is 2. The van der Waals surface area contributed by atoms with E-state index in [9.17, 15) is 9.59 Å². The highest BCUT2D eigenvalue weighted by molar-refractivity contribution is 6.41. The predicted molar refractivity (Wildman–Crippen MR) is 74.5 cm³/mol. The first-order chi connectivity index (χ1) is 8.86. The Labute approximate surface area is 122 Å². The zero-order valence-electron chi connectivity index (χ0n) is 11.0. The molecule has 1 aromatic heterocycles.